The number of nitrogens with zero attached hydrogens (tertiary/aromatic N) is 5. The van der Waals surface area contributed by atoms with E-state index in [0.29, 0.717) is 0 Å². The van der Waals surface area contributed by atoms with Gasteiger partial charge < -0.3 is 10.0 Å². The topological polar surface area (TPSA) is 84.1 Å². The molecule has 0 radical (unpaired) electrons. The fraction of sp³-hybridized carbons (Fsp3) is 0.429. The van der Waals surface area contributed by atoms with Crippen molar-refractivity contribution in [1.82, 2.24) is 25.1 Å². The van der Waals surface area contributed by atoms with Crippen LogP contribution in [0.3, 0.4) is 0 Å². The smallest absolute Gasteiger partial charge is 0.227 e. The fourth-order valence-corrected chi connectivity index (χ4v) is 2.66. The molecule has 1 amide bonds. The molecule has 1 aliphatic heterocycles. The molecule has 1 aromatic carbocycles. The molecule has 1 aliphatic rings. The summed E-state index contributed by atoms with van der Waals surface area (Å²) in [6.07, 6.45) is 0.820. The maximum absolute atomic E-state index is 13.4. The van der Waals surface area contributed by atoms with Crippen molar-refractivity contribution in [2.75, 3.05) is 13.2 Å². The van der Waals surface area contributed by atoms with E-state index in [4.69, 9.17) is 0 Å². The van der Waals surface area contributed by atoms with Crippen molar-refractivity contribution < 1.29 is 14.3 Å². The Morgan fingerprint density at radius 1 is 1.36 bits per heavy atom. The minimum Gasteiger partial charge on any atom is -0.394 e. The lowest BCUT2D eigenvalue weighted by Gasteiger charge is -2.22. The normalized spacial score (nSPS) is 21.3. The Bertz CT molecular complexity index is 631. The number of aliphatic hydroxyl groups is 1. The largest absolute Gasteiger partial charge is 0.394 e. The maximum atomic E-state index is 13.4. The number of hydrogen-bond donors (Lipinski definition) is 1. The fourth-order valence-electron chi connectivity index (χ4n) is 2.66. The van der Waals surface area contributed by atoms with Gasteiger partial charge in [0.05, 0.1) is 31.3 Å². The van der Waals surface area contributed by atoms with E-state index in [2.05, 4.69) is 15.5 Å². The monoisotopic (exact) mass is 305 g/mol. The zero-order valence-corrected chi connectivity index (χ0v) is 11.8. The Morgan fingerprint density at radius 3 is 2.77 bits per heavy atom. The van der Waals surface area contributed by atoms with Gasteiger partial charge in [-0.25, -0.2) is 9.07 Å². The van der Waals surface area contributed by atoms with Crippen LogP contribution in [0.1, 0.15) is 12.0 Å². The van der Waals surface area contributed by atoms with E-state index in [1.807, 2.05) is 24.3 Å². The first kappa shape index (κ1) is 14.6. The summed E-state index contributed by atoms with van der Waals surface area (Å²) in [7, 11) is 0. The molecule has 2 aromatic rings. The number of aliphatic hydroxyl groups excluding tert-OH is 1. The van der Waals surface area contributed by atoms with Crippen molar-refractivity contribution in [1.29, 1.82) is 0 Å². The molecule has 2 heterocycles. The molecule has 0 unspecified atom stereocenters. The Kier molecular flexibility index (Phi) is 4.10. The van der Waals surface area contributed by atoms with Crippen LogP contribution in [0.5, 0.6) is 0 Å². The molecule has 1 fully saturated rings. The molecule has 1 saturated heterocycles. The molecule has 2 atom stereocenters. The van der Waals surface area contributed by atoms with Gasteiger partial charge in [0.1, 0.15) is 12.5 Å². The van der Waals surface area contributed by atoms with E-state index in [9.17, 15) is 14.3 Å². The van der Waals surface area contributed by atoms with Crippen LogP contribution in [0.25, 0.3) is 5.69 Å². The van der Waals surface area contributed by atoms with Crippen molar-refractivity contribution in [2.24, 2.45) is 0 Å². The van der Waals surface area contributed by atoms with Crippen LogP contribution in [-0.4, -0.2) is 61.5 Å². The number of tetrazole rings is 1. The van der Waals surface area contributed by atoms with Crippen LogP contribution in [0, 0.1) is 0 Å². The van der Waals surface area contributed by atoms with Crippen molar-refractivity contribution >= 4 is 5.91 Å². The van der Waals surface area contributed by atoms with E-state index in [0.717, 1.165) is 11.3 Å². The van der Waals surface area contributed by atoms with Gasteiger partial charge in [0.25, 0.3) is 0 Å². The molecule has 0 aliphatic carbocycles. The summed E-state index contributed by atoms with van der Waals surface area (Å²) < 4.78 is 14.9. The van der Waals surface area contributed by atoms with Gasteiger partial charge in [0.15, 0.2) is 0 Å². The first-order valence-electron chi connectivity index (χ1n) is 7.04. The lowest BCUT2D eigenvalue weighted by atomic mass is 10.1. The molecular formula is C14H16FN5O2. The van der Waals surface area contributed by atoms with Crippen LogP contribution in [0.2, 0.25) is 0 Å². The Morgan fingerprint density at radius 2 is 2.14 bits per heavy atom. The highest BCUT2D eigenvalue weighted by molar-refractivity contribution is 5.79. The second kappa shape index (κ2) is 6.18. The van der Waals surface area contributed by atoms with Gasteiger partial charge in [0, 0.05) is 6.42 Å². The second-order valence-electron chi connectivity index (χ2n) is 5.31. The number of likely N-dealkylation sites (tertiary alicyclic amines) is 1. The predicted molar refractivity (Wildman–Crippen MR) is 75.0 cm³/mol. The molecule has 8 heteroatoms. The number of amides is 1. The zero-order chi connectivity index (χ0) is 15.5. The number of carbonyl (C=O) groups is 1. The summed E-state index contributed by atoms with van der Waals surface area (Å²) in [6.45, 7) is -0.142. The summed E-state index contributed by atoms with van der Waals surface area (Å²) >= 11 is 0. The Balaban J connectivity index is 1.67. The van der Waals surface area contributed by atoms with Crippen molar-refractivity contribution in [2.45, 2.75) is 25.1 Å². The van der Waals surface area contributed by atoms with Gasteiger partial charge in [-0.05, 0) is 28.1 Å². The van der Waals surface area contributed by atoms with E-state index in [1.54, 1.807) is 0 Å². The molecule has 0 spiro atoms. The number of carbonyl (C=O) groups excluding carboxylic acids is 1. The molecule has 1 aromatic heterocycles. The Labute approximate surface area is 126 Å². The highest BCUT2D eigenvalue weighted by Gasteiger charge is 2.34. The van der Waals surface area contributed by atoms with E-state index < -0.39 is 12.2 Å². The van der Waals surface area contributed by atoms with Crippen LogP contribution >= 0.6 is 0 Å². The lowest BCUT2D eigenvalue weighted by Crippen LogP contribution is -2.38. The van der Waals surface area contributed by atoms with Crippen molar-refractivity contribution in [3.8, 4) is 5.69 Å². The molecule has 1 N–H and O–H groups in total. The maximum Gasteiger partial charge on any atom is 0.227 e. The second-order valence-corrected chi connectivity index (χ2v) is 5.31. The highest BCUT2D eigenvalue weighted by Crippen LogP contribution is 2.21. The van der Waals surface area contributed by atoms with Gasteiger partial charge in [0.2, 0.25) is 5.91 Å². The lowest BCUT2D eigenvalue weighted by molar-refractivity contribution is -0.132. The number of benzene rings is 1. The van der Waals surface area contributed by atoms with Crippen molar-refractivity contribution in [3.05, 3.63) is 36.2 Å². The first-order chi connectivity index (χ1) is 10.7. The number of alkyl halides is 1. The van der Waals surface area contributed by atoms with E-state index >= 15 is 0 Å². The van der Waals surface area contributed by atoms with E-state index in [-0.39, 0.29) is 31.9 Å². The quantitative estimate of drug-likeness (QED) is 0.868. The van der Waals surface area contributed by atoms with Crippen LogP contribution in [0.15, 0.2) is 30.6 Å². The number of aromatic nitrogens is 4. The molecule has 0 bridgehead atoms. The van der Waals surface area contributed by atoms with Gasteiger partial charge in [-0.1, -0.05) is 12.1 Å². The number of halogens is 1. The van der Waals surface area contributed by atoms with Crippen molar-refractivity contribution in [3.63, 3.8) is 0 Å². The number of hydrogen-bond acceptors (Lipinski definition) is 5. The SMILES string of the molecule is O=C(Cc1ccc(-n2cnnn2)cc1)N1C[C@@H](F)C[C@H]1CO. The molecule has 7 nitrogen and oxygen atoms in total. The van der Waals surface area contributed by atoms with Crippen LogP contribution in [-0.2, 0) is 11.2 Å². The molecule has 116 valence electrons. The average molecular weight is 305 g/mol. The van der Waals surface area contributed by atoms with Gasteiger partial charge >= 0.3 is 0 Å². The summed E-state index contributed by atoms with van der Waals surface area (Å²) in [5.41, 5.74) is 1.61. The third-order valence-electron chi connectivity index (χ3n) is 3.80. The van der Waals surface area contributed by atoms with Crippen LogP contribution in [0.4, 0.5) is 4.39 Å². The summed E-state index contributed by atoms with van der Waals surface area (Å²) in [5, 5.41) is 20.1. The minimum absolute atomic E-state index is 0.0623. The Hall–Kier alpha value is -2.35. The van der Waals surface area contributed by atoms with Gasteiger partial charge in [-0.2, -0.15) is 0 Å². The third kappa shape index (κ3) is 2.96. The zero-order valence-electron chi connectivity index (χ0n) is 11.8. The number of rotatable bonds is 4. The molecular weight excluding hydrogens is 289 g/mol. The molecule has 3 rings (SSSR count). The van der Waals surface area contributed by atoms with E-state index in [1.165, 1.54) is 15.9 Å². The highest BCUT2D eigenvalue weighted by atomic mass is 19.1. The summed E-state index contributed by atoms with van der Waals surface area (Å²) in [4.78, 5) is 13.7. The predicted octanol–water partition coefficient (Wildman–Crippen LogP) is 0.136. The third-order valence-corrected chi connectivity index (χ3v) is 3.80. The molecule has 22 heavy (non-hydrogen) atoms. The van der Waals surface area contributed by atoms with Gasteiger partial charge in [-0.15, -0.1) is 5.10 Å². The first-order valence-corrected chi connectivity index (χ1v) is 7.04. The van der Waals surface area contributed by atoms with Gasteiger partial charge in [-0.3, -0.25) is 4.79 Å². The summed E-state index contributed by atoms with van der Waals surface area (Å²) in [6, 6.07) is 6.83. The van der Waals surface area contributed by atoms with Crippen LogP contribution < -0.4 is 0 Å². The standard InChI is InChI=1S/C14H16FN5O2/c15-11-6-13(8-21)19(7-11)14(22)5-10-1-3-12(4-2-10)20-9-16-17-18-20/h1-4,9,11,13,21H,5-8H2/t11-,13-/m0/s1. The minimum atomic E-state index is -1.05. The summed E-state index contributed by atoms with van der Waals surface area (Å²) in [5.74, 6) is -0.172. The molecule has 0 saturated carbocycles. The average Bonchev–Trinajstić information content (AvgIpc) is 3.17.